The lowest BCUT2D eigenvalue weighted by atomic mass is 10.2. The zero-order valence-electron chi connectivity index (χ0n) is 10.6. The average Bonchev–Trinajstić information content (AvgIpc) is 2.46. The first-order chi connectivity index (χ1) is 9.95. The summed E-state index contributed by atoms with van der Waals surface area (Å²) < 4.78 is 53.3. The highest BCUT2D eigenvalue weighted by Gasteiger charge is 2.23. The standard InChI is InChI=1S/C12H11F2N3O3S/c13-10-1-2-11(12(14)9(10)6-18)21(19,20)17-5-8-3-4-15-7-16-8/h1-4,7,17-18H,5-6H2. The third kappa shape index (κ3) is 3.38. The molecule has 0 saturated carbocycles. The molecule has 0 bridgehead atoms. The molecular weight excluding hydrogens is 304 g/mol. The maximum atomic E-state index is 13.9. The van der Waals surface area contributed by atoms with Gasteiger partial charge in [0.05, 0.1) is 24.4 Å². The summed E-state index contributed by atoms with van der Waals surface area (Å²) in [5.41, 5.74) is -0.307. The second kappa shape index (κ2) is 6.20. The van der Waals surface area contributed by atoms with Gasteiger partial charge >= 0.3 is 0 Å². The van der Waals surface area contributed by atoms with Crippen LogP contribution in [-0.2, 0) is 23.2 Å². The molecule has 0 aliphatic rings. The van der Waals surface area contributed by atoms with Gasteiger partial charge in [-0.25, -0.2) is 31.9 Å². The van der Waals surface area contributed by atoms with E-state index in [1.807, 2.05) is 0 Å². The minimum absolute atomic E-state index is 0.171. The largest absolute Gasteiger partial charge is 0.391 e. The Balaban J connectivity index is 2.28. The predicted molar refractivity (Wildman–Crippen MR) is 68.3 cm³/mol. The lowest BCUT2D eigenvalue weighted by Crippen LogP contribution is -2.25. The van der Waals surface area contributed by atoms with E-state index in [4.69, 9.17) is 5.11 Å². The predicted octanol–water partition coefficient (Wildman–Crippen LogP) is 0.726. The van der Waals surface area contributed by atoms with Crippen molar-refractivity contribution in [1.82, 2.24) is 14.7 Å². The van der Waals surface area contributed by atoms with E-state index in [0.717, 1.165) is 12.1 Å². The number of nitrogens with zero attached hydrogens (tertiary/aromatic N) is 2. The molecule has 2 rings (SSSR count). The molecule has 6 nitrogen and oxygen atoms in total. The van der Waals surface area contributed by atoms with E-state index in [0.29, 0.717) is 5.69 Å². The number of nitrogens with one attached hydrogen (secondary N) is 1. The van der Waals surface area contributed by atoms with Crippen LogP contribution in [0.1, 0.15) is 11.3 Å². The van der Waals surface area contributed by atoms with Gasteiger partial charge in [0.1, 0.15) is 17.0 Å². The number of aliphatic hydroxyl groups is 1. The molecule has 0 aliphatic heterocycles. The molecule has 0 aliphatic carbocycles. The Kier molecular flexibility index (Phi) is 4.56. The van der Waals surface area contributed by atoms with Gasteiger partial charge in [0, 0.05) is 6.20 Å². The van der Waals surface area contributed by atoms with Gasteiger partial charge in [-0.1, -0.05) is 0 Å². The third-order valence-electron chi connectivity index (χ3n) is 2.68. The molecule has 1 aromatic carbocycles. The lowest BCUT2D eigenvalue weighted by molar-refractivity contribution is 0.267. The summed E-state index contributed by atoms with van der Waals surface area (Å²) in [6, 6.07) is 3.07. The number of aromatic nitrogens is 2. The summed E-state index contributed by atoms with van der Waals surface area (Å²) >= 11 is 0. The fourth-order valence-corrected chi connectivity index (χ4v) is 2.70. The first kappa shape index (κ1) is 15.4. The van der Waals surface area contributed by atoms with Gasteiger partial charge < -0.3 is 5.11 Å². The number of hydrogen-bond donors (Lipinski definition) is 2. The first-order valence-electron chi connectivity index (χ1n) is 5.78. The zero-order chi connectivity index (χ0) is 15.5. The molecule has 21 heavy (non-hydrogen) atoms. The highest BCUT2D eigenvalue weighted by Crippen LogP contribution is 2.21. The van der Waals surface area contributed by atoms with E-state index < -0.39 is 38.7 Å². The molecule has 0 radical (unpaired) electrons. The van der Waals surface area contributed by atoms with Crippen LogP contribution in [0.25, 0.3) is 0 Å². The monoisotopic (exact) mass is 315 g/mol. The molecule has 2 N–H and O–H groups in total. The summed E-state index contributed by atoms with van der Waals surface area (Å²) in [5.74, 6) is -2.32. The molecule has 0 amide bonds. The molecular formula is C12H11F2N3O3S. The fraction of sp³-hybridized carbons (Fsp3) is 0.167. The van der Waals surface area contributed by atoms with E-state index in [1.54, 1.807) is 0 Å². The molecule has 112 valence electrons. The van der Waals surface area contributed by atoms with E-state index in [-0.39, 0.29) is 6.54 Å². The molecule has 0 saturated heterocycles. The van der Waals surface area contributed by atoms with Gasteiger partial charge in [0.2, 0.25) is 10.0 Å². The van der Waals surface area contributed by atoms with Gasteiger partial charge in [-0.3, -0.25) is 0 Å². The van der Waals surface area contributed by atoms with E-state index in [9.17, 15) is 17.2 Å². The molecule has 2 aromatic rings. The van der Waals surface area contributed by atoms with Crippen LogP contribution in [0.5, 0.6) is 0 Å². The fourth-order valence-electron chi connectivity index (χ4n) is 1.60. The van der Waals surface area contributed by atoms with Crippen LogP contribution < -0.4 is 4.72 Å². The minimum Gasteiger partial charge on any atom is -0.391 e. The molecule has 0 fully saturated rings. The summed E-state index contributed by atoms with van der Waals surface area (Å²) in [4.78, 5) is 6.76. The van der Waals surface area contributed by atoms with E-state index in [2.05, 4.69) is 14.7 Å². The van der Waals surface area contributed by atoms with Gasteiger partial charge in [-0.15, -0.1) is 0 Å². The Bertz CT molecular complexity index is 739. The molecule has 0 unspecified atom stereocenters. The maximum absolute atomic E-state index is 13.9. The Morgan fingerprint density at radius 2 is 2.00 bits per heavy atom. The summed E-state index contributed by atoms with van der Waals surface area (Å²) in [6.45, 7) is -1.11. The van der Waals surface area contributed by atoms with Crippen molar-refractivity contribution >= 4 is 10.0 Å². The Hall–Kier alpha value is -1.97. The van der Waals surface area contributed by atoms with Crippen molar-refractivity contribution in [1.29, 1.82) is 0 Å². The van der Waals surface area contributed by atoms with Gasteiger partial charge in [-0.2, -0.15) is 0 Å². The topological polar surface area (TPSA) is 92.2 Å². The molecule has 1 heterocycles. The van der Waals surface area contributed by atoms with E-state index >= 15 is 0 Å². The van der Waals surface area contributed by atoms with Crippen molar-refractivity contribution in [3.05, 3.63) is 53.6 Å². The number of sulfonamides is 1. The van der Waals surface area contributed by atoms with Crippen LogP contribution in [0, 0.1) is 11.6 Å². The lowest BCUT2D eigenvalue weighted by Gasteiger charge is -2.10. The van der Waals surface area contributed by atoms with Crippen LogP contribution in [0.3, 0.4) is 0 Å². The smallest absolute Gasteiger partial charge is 0.243 e. The molecule has 9 heteroatoms. The Labute approximate surface area is 119 Å². The van der Waals surface area contributed by atoms with Crippen molar-refractivity contribution in [2.24, 2.45) is 0 Å². The van der Waals surface area contributed by atoms with Gasteiger partial charge in [0.15, 0.2) is 5.82 Å². The van der Waals surface area contributed by atoms with Crippen LogP contribution >= 0.6 is 0 Å². The second-order valence-corrected chi connectivity index (χ2v) is 5.76. The van der Waals surface area contributed by atoms with Gasteiger partial charge in [0.25, 0.3) is 0 Å². The van der Waals surface area contributed by atoms with Crippen molar-refractivity contribution < 1.29 is 22.3 Å². The average molecular weight is 315 g/mol. The number of aliphatic hydroxyl groups excluding tert-OH is 1. The maximum Gasteiger partial charge on any atom is 0.243 e. The van der Waals surface area contributed by atoms with Crippen LogP contribution in [0.2, 0.25) is 0 Å². The van der Waals surface area contributed by atoms with E-state index in [1.165, 1.54) is 18.6 Å². The van der Waals surface area contributed by atoms with Crippen molar-refractivity contribution in [2.75, 3.05) is 0 Å². The molecule has 0 atom stereocenters. The first-order valence-corrected chi connectivity index (χ1v) is 7.26. The summed E-state index contributed by atoms with van der Waals surface area (Å²) in [7, 11) is -4.20. The quantitative estimate of drug-likeness (QED) is 0.848. The number of hydrogen-bond acceptors (Lipinski definition) is 5. The normalized spacial score (nSPS) is 11.6. The number of halogens is 2. The van der Waals surface area contributed by atoms with Crippen molar-refractivity contribution in [3.8, 4) is 0 Å². The van der Waals surface area contributed by atoms with Gasteiger partial charge in [-0.05, 0) is 18.2 Å². The third-order valence-corrected chi connectivity index (χ3v) is 4.10. The summed E-state index contributed by atoms with van der Waals surface area (Å²) in [6.07, 6.45) is 2.67. The zero-order valence-corrected chi connectivity index (χ0v) is 11.4. The minimum atomic E-state index is -4.20. The van der Waals surface area contributed by atoms with Crippen molar-refractivity contribution in [2.45, 2.75) is 18.0 Å². The van der Waals surface area contributed by atoms with Crippen LogP contribution in [-0.4, -0.2) is 23.5 Å². The van der Waals surface area contributed by atoms with Crippen molar-refractivity contribution in [3.63, 3.8) is 0 Å². The number of rotatable bonds is 5. The van der Waals surface area contributed by atoms with Crippen LogP contribution in [0.4, 0.5) is 8.78 Å². The SMILES string of the molecule is O=S(=O)(NCc1ccncn1)c1ccc(F)c(CO)c1F. The molecule has 0 spiro atoms. The Morgan fingerprint density at radius 3 is 2.62 bits per heavy atom. The second-order valence-electron chi connectivity index (χ2n) is 4.02. The highest BCUT2D eigenvalue weighted by atomic mass is 32.2. The van der Waals surface area contributed by atoms with Crippen LogP contribution in [0.15, 0.2) is 35.6 Å². The number of benzene rings is 1. The Morgan fingerprint density at radius 1 is 1.24 bits per heavy atom. The molecule has 1 aromatic heterocycles. The summed E-state index contributed by atoms with van der Waals surface area (Å²) in [5, 5.41) is 8.89. The highest BCUT2D eigenvalue weighted by molar-refractivity contribution is 7.89.